The van der Waals surface area contributed by atoms with Gasteiger partial charge in [0, 0.05) is 51.7 Å². The van der Waals surface area contributed by atoms with Gasteiger partial charge in [-0.1, -0.05) is 18.2 Å². The molecule has 0 unspecified atom stereocenters. The van der Waals surface area contributed by atoms with Crippen molar-refractivity contribution in [1.82, 2.24) is 14.5 Å². The standard InChI is InChI=1S/C26H32F2N4O2/c1-34-13-5-12-32-24-8-3-2-7-23(24)30-26(32)19-6-4-11-31(17-19)25(33)16-20(29)14-18-9-10-21(27)22(28)15-18/h2-3,7-10,15,19-20H,4-6,11-14,16-17,29H2,1H3/t19-,20-/m1/s1. The molecule has 182 valence electrons. The maximum atomic E-state index is 13.5. The van der Waals surface area contributed by atoms with Crippen LogP contribution in [0.5, 0.6) is 0 Å². The number of benzene rings is 2. The first-order valence-electron chi connectivity index (χ1n) is 11.9. The van der Waals surface area contributed by atoms with Gasteiger partial charge in [0.2, 0.25) is 5.91 Å². The van der Waals surface area contributed by atoms with Crippen molar-refractivity contribution in [1.29, 1.82) is 0 Å². The highest BCUT2D eigenvalue weighted by Gasteiger charge is 2.29. The van der Waals surface area contributed by atoms with Crippen molar-refractivity contribution in [3.8, 4) is 0 Å². The van der Waals surface area contributed by atoms with Crippen molar-refractivity contribution in [3.05, 3.63) is 65.5 Å². The van der Waals surface area contributed by atoms with Crippen LogP contribution in [0.4, 0.5) is 8.78 Å². The molecule has 4 rings (SSSR count). The number of aryl methyl sites for hydroxylation is 1. The fourth-order valence-corrected chi connectivity index (χ4v) is 4.82. The Labute approximate surface area is 198 Å². The molecule has 2 atom stereocenters. The second-order valence-electron chi connectivity index (χ2n) is 9.05. The SMILES string of the molecule is COCCCn1c([C@@H]2CCCN(C(=O)C[C@H](N)Cc3ccc(F)c(F)c3)C2)nc2ccccc21. The highest BCUT2D eigenvalue weighted by atomic mass is 19.2. The van der Waals surface area contributed by atoms with Crippen molar-refractivity contribution in [2.45, 2.75) is 50.6 Å². The van der Waals surface area contributed by atoms with E-state index in [2.05, 4.69) is 10.6 Å². The van der Waals surface area contributed by atoms with Crippen LogP contribution in [0.15, 0.2) is 42.5 Å². The van der Waals surface area contributed by atoms with E-state index in [1.165, 1.54) is 6.07 Å². The number of para-hydroxylation sites is 2. The van der Waals surface area contributed by atoms with Crippen LogP contribution in [0, 0.1) is 11.6 Å². The zero-order chi connectivity index (χ0) is 24.1. The van der Waals surface area contributed by atoms with E-state index in [4.69, 9.17) is 15.5 Å². The lowest BCUT2D eigenvalue weighted by Gasteiger charge is -2.33. The number of halogens is 2. The molecule has 1 saturated heterocycles. The van der Waals surface area contributed by atoms with Crippen LogP contribution < -0.4 is 5.73 Å². The molecule has 8 heteroatoms. The monoisotopic (exact) mass is 470 g/mol. The number of nitrogens with two attached hydrogens (primary N) is 1. The summed E-state index contributed by atoms with van der Waals surface area (Å²) in [6.07, 6.45) is 3.23. The summed E-state index contributed by atoms with van der Waals surface area (Å²) in [5, 5.41) is 0. The molecule has 0 radical (unpaired) electrons. The molecule has 6 nitrogen and oxygen atoms in total. The van der Waals surface area contributed by atoms with E-state index >= 15 is 0 Å². The smallest absolute Gasteiger partial charge is 0.224 e. The molecule has 1 aromatic heterocycles. The number of nitrogens with zero attached hydrogens (tertiary/aromatic N) is 3. The Balaban J connectivity index is 1.43. The molecule has 2 N–H and O–H groups in total. The predicted octanol–water partition coefficient (Wildman–Crippen LogP) is 4.02. The molecule has 0 saturated carbocycles. The Bertz CT molecular complexity index is 1130. The molecule has 1 fully saturated rings. The van der Waals surface area contributed by atoms with Crippen molar-refractivity contribution in [2.24, 2.45) is 5.73 Å². The fourth-order valence-electron chi connectivity index (χ4n) is 4.82. The van der Waals surface area contributed by atoms with Gasteiger partial charge in [-0.3, -0.25) is 4.79 Å². The Kier molecular flexibility index (Phi) is 7.90. The summed E-state index contributed by atoms with van der Waals surface area (Å²) in [7, 11) is 1.70. The maximum Gasteiger partial charge on any atom is 0.224 e. The minimum absolute atomic E-state index is 0.0122. The van der Waals surface area contributed by atoms with Gasteiger partial charge in [-0.2, -0.15) is 0 Å². The lowest BCUT2D eigenvalue weighted by Crippen LogP contribution is -2.42. The topological polar surface area (TPSA) is 73.4 Å². The minimum atomic E-state index is -0.900. The Morgan fingerprint density at radius 2 is 2.06 bits per heavy atom. The van der Waals surface area contributed by atoms with E-state index in [1.807, 2.05) is 23.1 Å². The number of amides is 1. The molecule has 0 spiro atoms. The third kappa shape index (κ3) is 5.62. The van der Waals surface area contributed by atoms with Crippen LogP contribution in [0.25, 0.3) is 11.0 Å². The molecule has 0 bridgehead atoms. The maximum absolute atomic E-state index is 13.5. The summed E-state index contributed by atoms with van der Waals surface area (Å²) in [6.45, 7) is 2.78. The molecule has 2 heterocycles. The molecule has 2 aromatic carbocycles. The highest BCUT2D eigenvalue weighted by molar-refractivity contribution is 5.77. The van der Waals surface area contributed by atoms with Crippen molar-refractivity contribution in [3.63, 3.8) is 0 Å². The molecule has 3 aromatic rings. The molecular weight excluding hydrogens is 438 g/mol. The van der Waals surface area contributed by atoms with Gasteiger partial charge in [0.1, 0.15) is 5.82 Å². The van der Waals surface area contributed by atoms with E-state index in [0.717, 1.165) is 54.8 Å². The minimum Gasteiger partial charge on any atom is -0.385 e. The first kappa shape index (κ1) is 24.3. The van der Waals surface area contributed by atoms with Gasteiger partial charge in [0.05, 0.1) is 11.0 Å². The van der Waals surface area contributed by atoms with E-state index in [0.29, 0.717) is 31.7 Å². The second kappa shape index (κ2) is 11.1. The quantitative estimate of drug-likeness (QED) is 0.480. The van der Waals surface area contributed by atoms with Gasteiger partial charge in [-0.25, -0.2) is 13.8 Å². The van der Waals surface area contributed by atoms with Crippen LogP contribution >= 0.6 is 0 Å². The number of hydrogen-bond acceptors (Lipinski definition) is 4. The van der Waals surface area contributed by atoms with Gasteiger partial charge in [-0.05, 0) is 55.5 Å². The Morgan fingerprint density at radius 3 is 2.85 bits per heavy atom. The number of methoxy groups -OCH3 is 1. The number of fused-ring (bicyclic) bond motifs is 1. The summed E-state index contributed by atoms with van der Waals surface area (Å²) in [5.41, 5.74) is 8.85. The largest absolute Gasteiger partial charge is 0.385 e. The number of piperidine rings is 1. The van der Waals surface area contributed by atoms with Crippen molar-refractivity contribution in [2.75, 3.05) is 26.8 Å². The Hall–Kier alpha value is -2.84. The van der Waals surface area contributed by atoms with E-state index in [-0.39, 0.29) is 18.2 Å². The Morgan fingerprint density at radius 1 is 1.24 bits per heavy atom. The molecular formula is C26H32F2N4O2. The average molecular weight is 471 g/mol. The number of imidazole rings is 1. The van der Waals surface area contributed by atoms with E-state index < -0.39 is 17.7 Å². The van der Waals surface area contributed by atoms with Crippen molar-refractivity contribution < 1.29 is 18.3 Å². The van der Waals surface area contributed by atoms with Gasteiger partial charge in [-0.15, -0.1) is 0 Å². The van der Waals surface area contributed by atoms with Crippen LogP contribution in [-0.2, 0) is 22.5 Å². The lowest BCUT2D eigenvalue weighted by atomic mass is 9.96. The summed E-state index contributed by atoms with van der Waals surface area (Å²) in [6, 6.07) is 11.4. The fraction of sp³-hybridized carbons (Fsp3) is 0.462. The van der Waals surface area contributed by atoms with Crippen LogP contribution in [-0.4, -0.2) is 53.2 Å². The average Bonchev–Trinajstić information content (AvgIpc) is 3.20. The second-order valence-corrected chi connectivity index (χ2v) is 9.05. The third-order valence-corrected chi connectivity index (χ3v) is 6.47. The van der Waals surface area contributed by atoms with Crippen LogP contribution in [0.3, 0.4) is 0 Å². The van der Waals surface area contributed by atoms with Crippen LogP contribution in [0.2, 0.25) is 0 Å². The molecule has 34 heavy (non-hydrogen) atoms. The first-order valence-corrected chi connectivity index (χ1v) is 11.9. The van der Waals surface area contributed by atoms with Crippen LogP contribution in [0.1, 0.15) is 43.0 Å². The first-order chi connectivity index (χ1) is 16.5. The molecule has 1 amide bonds. The van der Waals surface area contributed by atoms with E-state index in [9.17, 15) is 13.6 Å². The number of aromatic nitrogens is 2. The van der Waals surface area contributed by atoms with Gasteiger partial charge in [0.25, 0.3) is 0 Å². The summed E-state index contributed by atoms with van der Waals surface area (Å²) >= 11 is 0. The zero-order valence-corrected chi connectivity index (χ0v) is 19.6. The third-order valence-electron chi connectivity index (χ3n) is 6.47. The van der Waals surface area contributed by atoms with E-state index in [1.54, 1.807) is 7.11 Å². The normalized spacial score (nSPS) is 17.3. The summed E-state index contributed by atoms with van der Waals surface area (Å²) in [4.78, 5) is 19.8. The number of rotatable bonds is 9. The molecule has 1 aliphatic rings. The number of likely N-dealkylation sites (tertiary alicyclic amines) is 1. The molecule has 0 aliphatic carbocycles. The van der Waals surface area contributed by atoms with Gasteiger partial charge < -0.3 is 19.9 Å². The lowest BCUT2D eigenvalue weighted by molar-refractivity contribution is -0.132. The zero-order valence-electron chi connectivity index (χ0n) is 19.6. The predicted molar refractivity (Wildman–Crippen MR) is 127 cm³/mol. The number of carbonyl (C=O) groups excluding carboxylic acids is 1. The summed E-state index contributed by atoms with van der Waals surface area (Å²) in [5.74, 6) is -0.637. The highest BCUT2D eigenvalue weighted by Crippen LogP contribution is 2.30. The number of carbonyl (C=O) groups is 1. The van der Waals surface area contributed by atoms with Gasteiger partial charge >= 0.3 is 0 Å². The van der Waals surface area contributed by atoms with Gasteiger partial charge in [0.15, 0.2) is 11.6 Å². The van der Waals surface area contributed by atoms with Crippen molar-refractivity contribution >= 4 is 16.9 Å². The number of ether oxygens (including phenoxy) is 1. The number of hydrogen-bond donors (Lipinski definition) is 1. The summed E-state index contributed by atoms with van der Waals surface area (Å²) < 4.78 is 34.2. The molecule has 1 aliphatic heterocycles.